The molecule has 0 aliphatic rings. The van der Waals surface area contributed by atoms with Crippen LogP contribution in [0.4, 0.5) is 0 Å². The van der Waals surface area contributed by atoms with Crippen LogP contribution in [0.3, 0.4) is 0 Å². The molecule has 140 valence electrons. The third kappa shape index (κ3) is 3.47. The van der Waals surface area contributed by atoms with Gasteiger partial charge in [-0.25, -0.2) is 13.2 Å². The predicted octanol–water partition coefficient (Wildman–Crippen LogP) is 4.23. The molecule has 2 aromatic rings. The number of hydrogen-bond donors (Lipinski definition) is 3. The van der Waals surface area contributed by atoms with Gasteiger partial charge in [-0.15, -0.1) is 0 Å². The molecular weight excluding hydrogens is 403 g/mol. The number of sulfone groups is 1. The minimum Gasteiger partial charge on any atom is -0.507 e. The Hall–Kier alpha value is -1.96. The lowest BCUT2D eigenvalue weighted by Crippen LogP contribution is -2.16. The molecule has 0 radical (unpaired) electrons. The van der Waals surface area contributed by atoms with Crippen molar-refractivity contribution in [3.8, 4) is 11.5 Å². The lowest BCUT2D eigenvalue weighted by atomic mass is 9.85. The normalized spacial score (nSPS) is 12.2. The molecule has 0 aliphatic heterocycles. The third-order valence-electron chi connectivity index (χ3n) is 3.73. The third-order valence-corrected chi connectivity index (χ3v) is 6.22. The van der Waals surface area contributed by atoms with Crippen LogP contribution >= 0.6 is 23.2 Å². The van der Waals surface area contributed by atoms with Gasteiger partial charge in [-0.05, 0) is 29.7 Å². The Kier molecular flexibility index (Phi) is 5.20. The van der Waals surface area contributed by atoms with E-state index in [1.807, 2.05) is 0 Å². The standard InChI is InChI=1S/C17H16Cl2O6S/c1-17(2,3)9-7-12(15(21)13(14(9)20)16(22)23)26(24,25)11-5-4-8(18)6-10(11)19/h4-7,20-21H,1-3H3,(H,22,23). The Balaban J connectivity index is 2.93. The van der Waals surface area contributed by atoms with Crippen molar-refractivity contribution >= 4 is 39.0 Å². The zero-order chi connectivity index (χ0) is 20.0. The maximum absolute atomic E-state index is 13.0. The van der Waals surface area contributed by atoms with Crippen LogP contribution in [0.5, 0.6) is 11.5 Å². The second-order valence-electron chi connectivity index (χ2n) is 6.63. The van der Waals surface area contributed by atoms with Crippen molar-refractivity contribution in [3.63, 3.8) is 0 Å². The lowest BCUT2D eigenvalue weighted by molar-refractivity contribution is 0.0689. The summed E-state index contributed by atoms with van der Waals surface area (Å²) < 4.78 is 26.0. The molecular formula is C17H16Cl2O6S. The van der Waals surface area contributed by atoms with Crippen LogP contribution in [0.25, 0.3) is 0 Å². The zero-order valence-corrected chi connectivity index (χ0v) is 16.4. The van der Waals surface area contributed by atoms with Gasteiger partial charge >= 0.3 is 5.97 Å². The number of carboxylic acids is 1. The molecule has 9 heteroatoms. The van der Waals surface area contributed by atoms with Gasteiger partial charge in [0.1, 0.15) is 16.2 Å². The molecule has 0 aromatic heterocycles. The lowest BCUT2D eigenvalue weighted by Gasteiger charge is -2.23. The SMILES string of the molecule is CC(C)(C)c1cc(S(=O)(=O)c2ccc(Cl)cc2Cl)c(O)c(C(=O)O)c1O. The van der Waals surface area contributed by atoms with Crippen molar-refractivity contribution in [2.45, 2.75) is 36.0 Å². The van der Waals surface area contributed by atoms with Gasteiger partial charge in [-0.3, -0.25) is 0 Å². The van der Waals surface area contributed by atoms with E-state index in [9.17, 15) is 28.5 Å². The summed E-state index contributed by atoms with van der Waals surface area (Å²) in [6.07, 6.45) is 0. The smallest absolute Gasteiger partial charge is 0.343 e. The molecule has 0 bridgehead atoms. The number of hydrogen-bond acceptors (Lipinski definition) is 5. The first-order valence-electron chi connectivity index (χ1n) is 7.31. The fraction of sp³-hybridized carbons (Fsp3) is 0.235. The number of aromatic carboxylic acids is 1. The molecule has 0 amide bonds. The second kappa shape index (κ2) is 6.64. The number of carboxylic acid groups (broad SMARTS) is 1. The van der Waals surface area contributed by atoms with Crippen molar-refractivity contribution < 1.29 is 28.5 Å². The molecule has 0 unspecified atom stereocenters. The molecule has 26 heavy (non-hydrogen) atoms. The summed E-state index contributed by atoms with van der Waals surface area (Å²) in [6, 6.07) is 4.73. The summed E-state index contributed by atoms with van der Waals surface area (Å²) in [5.74, 6) is -3.41. The second-order valence-corrected chi connectivity index (χ2v) is 9.36. The molecule has 3 N–H and O–H groups in total. The maximum atomic E-state index is 13.0. The van der Waals surface area contributed by atoms with Gasteiger partial charge < -0.3 is 15.3 Å². The van der Waals surface area contributed by atoms with Crippen LogP contribution in [0.2, 0.25) is 10.0 Å². The number of benzene rings is 2. The van der Waals surface area contributed by atoms with E-state index in [4.69, 9.17) is 23.2 Å². The zero-order valence-electron chi connectivity index (χ0n) is 14.0. The molecule has 0 aliphatic carbocycles. The average Bonchev–Trinajstić information content (AvgIpc) is 2.44. The number of halogens is 2. The van der Waals surface area contributed by atoms with Crippen LogP contribution in [0, 0.1) is 0 Å². The maximum Gasteiger partial charge on any atom is 0.343 e. The Morgan fingerprint density at radius 2 is 1.58 bits per heavy atom. The van der Waals surface area contributed by atoms with E-state index in [0.717, 1.165) is 12.1 Å². The van der Waals surface area contributed by atoms with Gasteiger partial charge in [0, 0.05) is 10.6 Å². The quantitative estimate of drug-likeness (QED) is 0.687. The Bertz CT molecular complexity index is 1010. The van der Waals surface area contributed by atoms with Crippen LogP contribution in [0.15, 0.2) is 34.1 Å². The molecule has 0 spiro atoms. The summed E-state index contributed by atoms with van der Waals surface area (Å²) in [5, 5.41) is 29.9. The summed E-state index contributed by atoms with van der Waals surface area (Å²) >= 11 is 11.7. The van der Waals surface area contributed by atoms with Gasteiger partial charge in [0.15, 0.2) is 5.75 Å². The van der Waals surface area contributed by atoms with Gasteiger partial charge in [-0.2, -0.15) is 0 Å². The highest BCUT2D eigenvalue weighted by Crippen LogP contribution is 2.44. The number of aromatic hydroxyl groups is 2. The average molecular weight is 419 g/mol. The van der Waals surface area contributed by atoms with Gasteiger partial charge in [0.25, 0.3) is 0 Å². The summed E-state index contributed by atoms with van der Waals surface area (Å²) in [5.41, 5.74) is -1.63. The monoisotopic (exact) mass is 418 g/mol. The Labute approximate surface area is 160 Å². The van der Waals surface area contributed by atoms with Gasteiger partial charge in [-0.1, -0.05) is 44.0 Å². The van der Waals surface area contributed by atoms with E-state index in [1.165, 1.54) is 12.1 Å². The fourth-order valence-electron chi connectivity index (χ4n) is 2.43. The molecule has 0 saturated heterocycles. The number of rotatable bonds is 3. The van der Waals surface area contributed by atoms with Crippen molar-refractivity contribution in [2.75, 3.05) is 0 Å². The molecule has 0 fully saturated rings. The molecule has 0 atom stereocenters. The fourth-order valence-corrected chi connectivity index (χ4v) is 4.57. The predicted molar refractivity (Wildman–Crippen MR) is 97.3 cm³/mol. The minimum absolute atomic E-state index is 0.0522. The summed E-state index contributed by atoms with van der Waals surface area (Å²) in [6.45, 7) is 4.99. The Morgan fingerprint density at radius 1 is 1.00 bits per heavy atom. The van der Waals surface area contributed by atoms with Crippen molar-refractivity contribution in [3.05, 3.63) is 45.4 Å². The van der Waals surface area contributed by atoms with E-state index in [-0.39, 0.29) is 20.5 Å². The van der Waals surface area contributed by atoms with E-state index >= 15 is 0 Å². The highest BCUT2D eigenvalue weighted by molar-refractivity contribution is 7.91. The highest BCUT2D eigenvalue weighted by atomic mass is 35.5. The van der Waals surface area contributed by atoms with E-state index in [1.54, 1.807) is 20.8 Å². The van der Waals surface area contributed by atoms with Crippen molar-refractivity contribution in [1.82, 2.24) is 0 Å². The summed E-state index contributed by atoms with van der Waals surface area (Å²) in [7, 11) is -4.39. The van der Waals surface area contributed by atoms with Crippen molar-refractivity contribution in [1.29, 1.82) is 0 Å². The van der Waals surface area contributed by atoms with E-state index in [0.29, 0.717) is 0 Å². The molecule has 0 heterocycles. The van der Waals surface area contributed by atoms with Gasteiger partial charge in [0.05, 0.1) is 9.92 Å². The molecule has 2 aromatic carbocycles. The topological polar surface area (TPSA) is 112 Å². The van der Waals surface area contributed by atoms with Crippen LogP contribution in [-0.2, 0) is 15.3 Å². The van der Waals surface area contributed by atoms with Crippen molar-refractivity contribution in [2.24, 2.45) is 0 Å². The molecule has 2 rings (SSSR count). The van der Waals surface area contributed by atoms with Crippen LogP contribution < -0.4 is 0 Å². The highest BCUT2D eigenvalue weighted by Gasteiger charge is 2.34. The first-order valence-corrected chi connectivity index (χ1v) is 9.55. The van der Waals surface area contributed by atoms with Crippen LogP contribution in [-0.4, -0.2) is 29.7 Å². The largest absolute Gasteiger partial charge is 0.507 e. The first-order chi connectivity index (χ1) is 11.8. The van der Waals surface area contributed by atoms with E-state index < -0.39 is 43.2 Å². The number of phenols is 2. The first kappa shape index (κ1) is 20.4. The molecule has 0 saturated carbocycles. The van der Waals surface area contributed by atoms with E-state index in [2.05, 4.69) is 0 Å². The Morgan fingerprint density at radius 3 is 2.04 bits per heavy atom. The summed E-state index contributed by atoms with van der Waals surface area (Å²) in [4.78, 5) is 10.5. The van der Waals surface area contributed by atoms with Gasteiger partial charge in [0.2, 0.25) is 9.84 Å². The molecule has 6 nitrogen and oxygen atoms in total. The minimum atomic E-state index is -4.39. The van der Waals surface area contributed by atoms with Crippen LogP contribution in [0.1, 0.15) is 36.7 Å². The number of carbonyl (C=O) groups is 1.